The van der Waals surface area contributed by atoms with Gasteiger partial charge in [0.2, 0.25) is 0 Å². The van der Waals surface area contributed by atoms with Gasteiger partial charge in [0, 0.05) is 29.5 Å². The highest BCUT2D eigenvalue weighted by Crippen LogP contribution is 2.46. The number of nitrogens with zero attached hydrogens (tertiary/aromatic N) is 2. The summed E-state index contributed by atoms with van der Waals surface area (Å²) in [5.74, 6) is 0. The predicted molar refractivity (Wildman–Crippen MR) is 251 cm³/mol. The van der Waals surface area contributed by atoms with Crippen LogP contribution in [0.25, 0.3) is 87.6 Å². The van der Waals surface area contributed by atoms with Crippen LogP contribution >= 0.6 is 0 Å². The summed E-state index contributed by atoms with van der Waals surface area (Å²) in [6.45, 7) is 0. The number of anilines is 3. The summed E-state index contributed by atoms with van der Waals surface area (Å²) in [6.07, 6.45) is 3.72. The van der Waals surface area contributed by atoms with Gasteiger partial charge >= 0.3 is 0 Å². The molecule has 2 nitrogen and oxygen atoms in total. The van der Waals surface area contributed by atoms with Crippen molar-refractivity contribution < 1.29 is 0 Å². The molecule has 0 aliphatic rings. The van der Waals surface area contributed by atoms with Crippen molar-refractivity contribution in [3.8, 4) is 44.5 Å². The van der Waals surface area contributed by atoms with Gasteiger partial charge in [-0.2, -0.15) is 0 Å². The average molecular weight is 751 g/mol. The second-order valence-corrected chi connectivity index (χ2v) is 15.1. The molecular formula is C57H38N2. The van der Waals surface area contributed by atoms with Gasteiger partial charge in [-0.05, 0) is 130 Å². The van der Waals surface area contributed by atoms with Gasteiger partial charge in [-0.3, -0.25) is 4.98 Å². The molecule has 0 spiro atoms. The molecule has 0 amide bonds. The largest absolute Gasteiger partial charge is 0.310 e. The third-order valence-corrected chi connectivity index (χ3v) is 11.7. The Bertz CT molecular complexity index is 3230. The monoisotopic (exact) mass is 750 g/mol. The van der Waals surface area contributed by atoms with Crippen LogP contribution in [-0.4, -0.2) is 4.98 Å². The molecule has 0 N–H and O–H groups in total. The molecule has 1 aromatic heterocycles. The second-order valence-electron chi connectivity index (χ2n) is 15.1. The zero-order chi connectivity index (χ0) is 39.1. The number of hydrogen-bond donors (Lipinski definition) is 0. The maximum absolute atomic E-state index is 4.33. The first-order valence-electron chi connectivity index (χ1n) is 20.2. The van der Waals surface area contributed by atoms with E-state index in [9.17, 15) is 0 Å². The minimum absolute atomic E-state index is 1.09. The Morgan fingerprint density at radius 1 is 0.288 bits per heavy atom. The van der Waals surface area contributed by atoms with Gasteiger partial charge in [0.25, 0.3) is 0 Å². The zero-order valence-corrected chi connectivity index (χ0v) is 32.3. The fourth-order valence-corrected chi connectivity index (χ4v) is 8.90. The van der Waals surface area contributed by atoms with E-state index in [4.69, 9.17) is 0 Å². The molecular weight excluding hydrogens is 713 g/mol. The lowest BCUT2D eigenvalue weighted by Gasteiger charge is -2.26. The van der Waals surface area contributed by atoms with Crippen molar-refractivity contribution in [2.45, 2.75) is 0 Å². The first kappa shape index (κ1) is 34.4. The van der Waals surface area contributed by atoms with Crippen molar-refractivity contribution in [1.82, 2.24) is 4.98 Å². The van der Waals surface area contributed by atoms with Gasteiger partial charge in [0.15, 0.2) is 0 Å². The molecule has 276 valence electrons. The first-order valence-corrected chi connectivity index (χ1v) is 20.2. The van der Waals surface area contributed by atoms with Crippen LogP contribution in [0.15, 0.2) is 231 Å². The summed E-state index contributed by atoms with van der Waals surface area (Å²) in [5.41, 5.74) is 12.9. The highest BCUT2D eigenvalue weighted by molar-refractivity contribution is 6.23. The normalized spacial score (nSPS) is 11.4. The predicted octanol–water partition coefficient (Wildman–Crippen LogP) is 15.8. The molecule has 59 heavy (non-hydrogen) atoms. The summed E-state index contributed by atoms with van der Waals surface area (Å²) < 4.78 is 0. The maximum atomic E-state index is 4.33. The Morgan fingerprint density at radius 3 is 1.37 bits per heavy atom. The number of benzene rings is 10. The molecule has 0 unspecified atom stereocenters. The topological polar surface area (TPSA) is 16.1 Å². The molecule has 11 aromatic rings. The van der Waals surface area contributed by atoms with Gasteiger partial charge in [-0.25, -0.2) is 0 Å². The smallest absolute Gasteiger partial charge is 0.0468 e. The van der Waals surface area contributed by atoms with Gasteiger partial charge in [0.05, 0.1) is 0 Å². The Hall–Kier alpha value is -7.81. The molecule has 0 atom stereocenters. The summed E-state index contributed by atoms with van der Waals surface area (Å²) in [5, 5.41) is 10.0. The first-order chi connectivity index (χ1) is 29.3. The Kier molecular flexibility index (Phi) is 8.52. The highest BCUT2D eigenvalue weighted by atomic mass is 15.1. The van der Waals surface area contributed by atoms with Crippen LogP contribution in [0.5, 0.6) is 0 Å². The van der Waals surface area contributed by atoms with Crippen LogP contribution in [-0.2, 0) is 0 Å². The molecule has 10 aromatic carbocycles. The van der Waals surface area contributed by atoms with E-state index in [0.717, 1.165) is 28.2 Å². The van der Waals surface area contributed by atoms with Crippen molar-refractivity contribution >= 4 is 60.2 Å². The minimum atomic E-state index is 1.09. The number of aromatic nitrogens is 1. The highest BCUT2D eigenvalue weighted by Gasteiger charge is 2.18. The third-order valence-electron chi connectivity index (χ3n) is 11.7. The van der Waals surface area contributed by atoms with Crippen LogP contribution in [0.2, 0.25) is 0 Å². The summed E-state index contributed by atoms with van der Waals surface area (Å²) in [6, 6.07) is 79.3. The second kappa shape index (κ2) is 14.6. The molecule has 2 heteroatoms. The quantitative estimate of drug-likeness (QED) is 0.151. The molecule has 0 saturated heterocycles. The Labute approximate surface area is 343 Å². The Morgan fingerprint density at radius 2 is 0.763 bits per heavy atom. The SMILES string of the molecule is c1cncc(-c2ccc(N(c3ccc(-c4ccc(-c5c6ccccc6c(-c6cccc7ccccc67)c6ccccc56)cc4)cc3)c3ccc4ccccc4c3)cc2)c1. The summed E-state index contributed by atoms with van der Waals surface area (Å²) in [7, 11) is 0. The Balaban J connectivity index is 0.972. The summed E-state index contributed by atoms with van der Waals surface area (Å²) in [4.78, 5) is 6.67. The lowest BCUT2D eigenvalue weighted by molar-refractivity contribution is 1.29. The lowest BCUT2D eigenvalue weighted by Crippen LogP contribution is -2.09. The van der Waals surface area contributed by atoms with Crippen LogP contribution in [0, 0.1) is 0 Å². The van der Waals surface area contributed by atoms with E-state index < -0.39 is 0 Å². The molecule has 11 rings (SSSR count). The van der Waals surface area contributed by atoms with Crippen molar-refractivity contribution in [1.29, 1.82) is 0 Å². The van der Waals surface area contributed by atoms with E-state index in [1.54, 1.807) is 0 Å². The van der Waals surface area contributed by atoms with E-state index >= 15 is 0 Å². The molecule has 1 heterocycles. The van der Waals surface area contributed by atoms with Crippen molar-refractivity contribution in [3.05, 3.63) is 231 Å². The van der Waals surface area contributed by atoms with Crippen LogP contribution in [0.3, 0.4) is 0 Å². The molecule has 0 saturated carbocycles. The zero-order valence-electron chi connectivity index (χ0n) is 32.3. The van der Waals surface area contributed by atoms with Crippen molar-refractivity contribution in [2.24, 2.45) is 0 Å². The van der Waals surface area contributed by atoms with E-state index in [1.807, 2.05) is 18.5 Å². The standard InChI is InChI=1S/C57H38N2/c1-2-13-45-37-49(35-30-39(45)11-1)59(48-33-28-42(29-34-48)46-15-10-36-58-38-46)47-31-26-41(27-32-47)40-22-24-44(25-23-40)56-52-17-5-7-19-54(52)57(55-20-8-6-18-53(55)56)51-21-9-14-43-12-3-4-16-50(43)51/h1-38H. The van der Waals surface area contributed by atoms with Gasteiger partial charge < -0.3 is 4.90 Å². The number of hydrogen-bond acceptors (Lipinski definition) is 2. The summed E-state index contributed by atoms with van der Waals surface area (Å²) >= 11 is 0. The van der Waals surface area contributed by atoms with E-state index in [2.05, 4.69) is 222 Å². The fourth-order valence-electron chi connectivity index (χ4n) is 8.90. The maximum Gasteiger partial charge on any atom is 0.0468 e. The van der Waals surface area contributed by atoms with Gasteiger partial charge in [0.1, 0.15) is 0 Å². The number of pyridine rings is 1. The van der Waals surface area contributed by atoms with Crippen molar-refractivity contribution in [3.63, 3.8) is 0 Å². The molecule has 0 aliphatic carbocycles. The van der Waals surface area contributed by atoms with Gasteiger partial charge in [-0.1, -0.05) is 176 Å². The minimum Gasteiger partial charge on any atom is -0.310 e. The number of rotatable bonds is 7. The molecule has 0 aliphatic heterocycles. The van der Waals surface area contributed by atoms with E-state index in [-0.39, 0.29) is 0 Å². The number of fused-ring (bicyclic) bond motifs is 4. The molecule has 0 bridgehead atoms. The van der Waals surface area contributed by atoms with Crippen LogP contribution < -0.4 is 4.90 Å². The van der Waals surface area contributed by atoms with E-state index in [1.165, 1.54) is 76.5 Å². The third kappa shape index (κ3) is 6.19. The van der Waals surface area contributed by atoms with Crippen molar-refractivity contribution in [2.75, 3.05) is 4.90 Å². The van der Waals surface area contributed by atoms with Crippen LogP contribution in [0.1, 0.15) is 0 Å². The molecule has 0 radical (unpaired) electrons. The van der Waals surface area contributed by atoms with E-state index in [0.29, 0.717) is 0 Å². The molecule has 0 fully saturated rings. The average Bonchev–Trinajstić information content (AvgIpc) is 3.31. The lowest BCUT2D eigenvalue weighted by atomic mass is 9.84. The van der Waals surface area contributed by atoms with Crippen LogP contribution in [0.4, 0.5) is 17.1 Å². The van der Waals surface area contributed by atoms with Gasteiger partial charge in [-0.15, -0.1) is 0 Å². The fraction of sp³-hybridized carbons (Fsp3) is 0.